The zero-order valence-corrected chi connectivity index (χ0v) is 44.9. The van der Waals surface area contributed by atoms with Crippen LogP contribution in [-0.4, -0.2) is 101 Å². The quantitative estimate of drug-likeness (QED) is 0.0402. The Morgan fingerprint density at radius 3 is 1.51 bits per heavy atom. The van der Waals surface area contributed by atoms with Crippen LogP contribution in [0.3, 0.4) is 0 Å². The molecule has 4 fully saturated rings. The molecule has 0 radical (unpaired) electrons. The van der Waals surface area contributed by atoms with Gasteiger partial charge in [-0.2, -0.15) is 0 Å². The number of Topliss-reactive ketones (excluding diaryl/α,β-unsaturated/α-hetero) is 8. The van der Waals surface area contributed by atoms with Crippen LogP contribution < -0.4 is 22.1 Å². The number of carboxylic acids is 1. The van der Waals surface area contributed by atoms with E-state index in [1.807, 2.05) is 0 Å². The van der Waals surface area contributed by atoms with E-state index in [1.54, 1.807) is 26.0 Å². The maximum absolute atomic E-state index is 14.8. The van der Waals surface area contributed by atoms with Crippen LogP contribution in [0.2, 0.25) is 0 Å². The lowest BCUT2D eigenvalue weighted by Crippen LogP contribution is -2.43. The van der Waals surface area contributed by atoms with Gasteiger partial charge in [-0.25, -0.2) is 0 Å². The van der Waals surface area contributed by atoms with Gasteiger partial charge in [0.25, 0.3) is 0 Å². The highest BCUT2D eigenvalue weighted by Crippen LogP contribution is 2.39. The summed E-state index contributed by atoms with van der Waals surface area (Å²) in [5, 5.41) is 26.3. The van der Waals surface area contributed by atoms with E-state index >= 15 is 0 Å². The Morgan fingerprint density at radius 2 is 1.01 bits per heavy atom. The molecule has 16 nitrogen and oxygen atoms in total. The molecule has 2 aliphatic carbocycles. The van der Waals surface area contributed by atoms with Gasteiger partial charge >= 0.3 is 5.97 Å². The summed E-state index contributed by atoms with van der Waals surface area (Å²) in [4.78, 5) is 135. The molecule has 8 N–H and O–H groups in total. The second-order valence-corrected chi connectivity index (χ2v) is 23.1. The average molecular weight is 1050 g/mol. The first-order valence-electron chi connectivity index (χ1n) is 28.4. The Kier molecular flexibility index (Phi) is 25.1. The molecule has 16 heteroatoms. The molecule has 0 bridgehead atoms. The van der Waals surface area contributed by atoms with Crippen LogP contribution in [0.4, 0.5) is 0 Å². The molecule has 2 saturated carbocycles. The largest absolute Gasteiger partial charge is 0.508 e. The van der Waals surface area contributed by atoms with Crippen LogP contribution in [0.5, 0.6) is 5.75 Å². The van der Waals surface area contributed by atoms with Crippen molar-refractivity contribution >= 4 is 58.1 Å². The number of aromatic hydroxyl groups is 1. The standard InChI is InChI=1S/C59H88N4O12/c1-36(59(61)75)25-54(69)49-34-62-23-20-41(49)30-52(67)44(16-19-58(73)74)32-56(71)48-13-6-4-10-40(48)28-53(68)45(27-38-14-17-46(65)18-15-38)33-57(72)50-35-63-24-21-42(50)29-51(66)43(11-7-8-22-60)31-55(70)47-12-5-3-9-39(47)26-37(2)64/h14-15,17-18,36,39-45,47-50,62-63,65H,3-13,16,19-35,60H2,1-2H3,(H2,61,75)(H,73,74)/t36-,39?,40?,41?,42?,43-,44-,45-,47?,48?,49?,50?/m1/s1. The van der Waals surface area contributed by atoms with Crippen molar-refractivity contribution in [3.63, 3.8) is 0 Å². The Labute approximate surface area is 444 Å². The Hall–Kier alpha value is -4.80. The Bertz CT molecular complexity index is 2140. The maximum Gasteiger partial charge on any atom is 0.303 e. The number of carboxylic acid groups (broad SMARTS) is 1. The highest BCUT2D eigenvalue weighted by molar-refractivity contribution is 5.94. The monoisotopic (exact) mass is 1040 g/mol. The van der Waals surface area contributed by atoms with Crippen LogP contribution in [0.25, 0.3) is 0 Å². The van der Waals surface area contributed by atoms with Gasteiger partial charge in [0.05, 0.1) is 0 Å². The molecular formula is C59H88N4O12. The number of phenols is 1. The normalized spacial score (nSPS) is 25.7. The smallest absolute Gasteiger partial charge is 0.303 e. The van der Waals surface area contributed by atoms with Gasteiger partial charge in [0.2, 0.25) is 5.91 Å². The third kappa shape index (κ3) is 19.3. The molecule has 2 heterocycles. The molecule has 5 rings (SSSR count). The van der Waals surface area contributed by atoms with Gasteiger partial charge in [-0.05, 0) is 132 Å². The van der Waals surface area contributed by atoms with E-state index in [0.717, 1.165) is 44.1 Å². The van der Waals surface area contributed by atoms with E-state index in [0.29, 0.717) is 84.1 Å². The minimum absolute atomic E-state index is 0.00853. The first-order chi connectivity index (χ1) is 35.8. The van der Waals surface area contributed by atoms with Crippen molar-refractivity contribution in [1.82, 2.24) is 10.6 Å². The first kappa shape index (κ1) is 61.1. The van der Waals surface area contributed by atoms with Gasteiger partial charge in [0, 0.05) is 118 Å². The van der Waals surface area contributed by atoms with Crippen molar-refractivity contribution < 1.29 is 58.2 Å². The number of nitrogens with one attached hydrogen (secondary N) is 2. The van der Waals surface area contributed by atoms with Gasteiger partial charge in [-0.1, -0.05) is 51.2 Å². The molecule has 0 spiro atoms. The fourth-order valence-electron chi connectivity index (χ4n) is 13.0. The molecule has 1 aromatic carbocycles. The Balaban J connectivity index is 1.30. The van der Waals surface area contributed by atoms with E-state index < -0.39 is 53.3 Å². The number of primary amides is 1. The van der Waals surface area contributed by atoms with Crippen LogP contribution in [-0.2, 0) is 54.4 Å². The number of nitrogens with two attached hydrogens (primary N) is 2. The molecule has 416 valence electrons. The van der Waals surface area contributed by atoms with Crippen molar-refractivity contribution in [2.75, 3.05) is 32.7 Å². The first-order valence-corrected chi connectivity index (χ1v) is 28.4. The summed E-state index contributed by atoms with van der Waals surface area (Å²) >= 11 is 0. The predicted octanol–water partition coefficient (Wildman–Crippen LogP) is 6.66. The summed E-state index contributed by atoms with van der Waals surface area (Å²) in [6, 6.07) is 6.50. The molecule has 75 heavy (non-hydrogen) atoms. The fraction of sp³-hybridized carbons (Fsp3) is 0.729. The topological polar surface area (TPSA) is 287 Å². The number of aliphatic carboxylic acids is 1. The summed E-state index contributed by atoms with van der Waals surface area (Å²) in [5.74, 6) is -8.30. The number of ketones is 8. The molecule has 1 aromatic rings. The van der Waals surface area contributed by atoms with E-state index in [1.165, 1.54) is 12.1 Å². The second kappa shape index (κ2) is 30.8. The number of unbranched alkanes of at least 4 members (excludes halogenated alkanes) is 1. The lowest BCUT2D eigenvalue weighted by Gasteiger charge is -2.34. The number of carbonyl (C=O) groups is 10. The zero-order chi connectivity index (χ0) is 54.6. The predicted molar refractivity (Wildman–Crippen MR) is 283 cm³/mol. The molecule has 8 unspecified atom stereocenters. The number of benzene rings is 1. The van der Waals surface area contributed by atoms with Gasteiger partial charge < -0.3 is 37.1 Å². The van der Waals surface area contributed by atoms with Gasteiger partial charge in [-0.3, -0.25) is 43.2 Å². The number of piperidine rings is 2. The second-order valence-electron chi connectivity index (χ2n) is 23.1. The molecule has 2 saturated heterocycles. The highest BCUT2D eigenvalue weighted by atomic mass is 16.4. The number of amides is 1. The van der Waals surface area contributed by atoms with Gasteiger partial charge in [0.15, 0.2) is 0 Å². The summed E-state index contributed by atoms with van der Waals surface area (Å²) in [6.07, 6.45) is 9.21. The number of hydrogen-bond donors (Lipinski definition) is 6. The lowest BCUT2D eigenvalue weighted by atomic mass is 9.70. The molecule has 1 amide bonds. The van der Waals surface area contributed by atoms with Crippen LogP contribution in [0.1, 0.15) is 167 Å². The van der Waals surface area contributed by atoms with Crippen molar-refractivity contribution in [1.29, 1.82) is 0 Å². The molecule has 12 atom stereocenters. The SMILES string of the molecule is CC(=O)CC1CCCCC1C(=O)C[C@@H](CCCCN)C(=O)CC1CCNCC1C(=O)C[C@@H](Cc1ccc(O)cc1)C(=O)CC1CCCCC1C(=O)C[C@@H](CCC(=O)O)C(=O)CC1CCNCC1C(=O)C[C@@H](C)C(N)=O. The average Bonchev–Trinajstić information content (AvgIpc) is 3.37. The maximum atomic E-state index is 14.8. The fourth-order valence-corrected chi connectivity index (χ4v) is 13.0. The molecule has 4 aliphatic rings. The van der Waals surface area contributed by atoms with Crippen LogP contribution in [0, 0.1) is 71.0 Å². The van der Waals surface area contributed by atoms with Crippen LogP contribution in [0.15, 0.2) is 24.3 Å². The van der Waals surface area contributed by atoms with Gasteiger partial charge in [-0.15, -0.1) is 0 Å². The van der Waals surface area contributed by atoms with Crippen molar-refractivity contribution in [2.24, 2.45) is 82.5 Å². The summed E-state index contributed by atoms with van der Waals surface area (Å²) in [7, 11) is 0. The van der Waals surface area contributed by atoms with E-state index in [2.05, 4.69) is 10.6 Å². The van der Waals surface area contributed by atoms with Crippen molar-refractivity contribution in [3.05, 3.63) is 29.8 Å². The number of hydrogen-bond acceptors (Lipinski definition) is 14. The minimum atomic E-state index is -1.10. The van der Waals surface area contributed by atoms with Crippen molar-refractivity contribution in [2.45, 2.75) is 168 Å². The van der Waals surface area contributed by atoms with Crippen molar-refractivity contribution in [3.8, 4) is 5.75 Å². The summed E-state index contributed by atoms with van der Waals surface area (Å²) < 4.78 is 0. The van der Waals surface area contributed by atoms with Gasteiger partial charge in [0.1, 0.15) is 52.0 Å². The number of carbonyl (C=O) groups excluding carboxylic acids is 9. The highest BCUT2D eigenvalue weighted by Gasteiger charge is 2.41. The number of rotatable bonds is 33. The third-order valence-corrected chi connectivity index (χ3v) is 17.5. The Morgan fingerprint density at radius 1 is 0.573 bits per heavy atom. The third-order valence-electron chi connectivity index (χ3n) is 17.5. The molecular weight excluding hydrogens is 957 g/mol. The van der Waals surface area contributed by atoms with E-state index in [4.69, 9.17) is 11.5 Å². The van der Waals surface area contributed by atoms with E-state index in [9.17, 15) is 58.2 Å². The molecule has 0 aromatic heterocycles. The summed E-state index contributed by atoms with van der Waals surface area (Å²) in [5.41, 5.74) is 12.0. The molecule has 2 aliphatic heterocycles. The zero-order valence-electron chi connectivity index (χ0n) is 44.9. The van der Waals surface area contributed by atoms with E-state index in [-0.39, 0.29) is 146 Å². The van der Waals surface area contributed by atoms with Crippen LogP contribution >= 0.6 is 0 Å². The number of phenolic OH excluding ortho intramolecular Hbond substituents is 1. The summed E-state index contributed by atoms with van der Waals surface area (Å²) in [6.45, 7) is 5.47. The lowest BCUT2D eigenvalue weighted by molar-refractivity contribution is -0.139. The minimum Gasteiger partial charge on any atom is -0.508 e.